The van der Waals surface area contributed by atoms with Crippen molar-refractivity contribution in [3.8, 4) is 0 Å². The van der Waals surface area contributed by atoms with Crippen LogP contribution in [0.25, 0.3) is 0 Å². The minimum absolute atomic E-state index is 0.288. The van der Waals surface area contributed by atoms with Gasteiger partial charge in [0, 0.05) is 24.8 Å². The van der Waals surface area contributed by atoms with Crippen molar-refractivity contribution < 1.29 is 0 Å². The number of rotatable bonds is 2. The molecule has 1 saturated heterocycles. The number of nitrogens with two attached hydrogens (primary N) is 1. The third-order valence-electron chi connectivity index (χ3n) is 3.37. The Morgan fingerprint density at radius 3 is 2.56 bits per heavy atom. The highest BCUT2D eigenvalue weighted by molar-refractivity contribution is 5.40. The zero-order valence-electron chi connectivity index (χ0n) is 11.8. The van der Waals surface area contributed by atoms with E-state index in [9.17, 15) is 0 Å². The van der Waals surface area contributed by atoms with Crippen LogP contribution in [0, 0.1) is 5.41 Å². The average molecular weight is 247 g/mol. The first kappa shape index (κ1) is 13.3. The van der Waals surface area contributed by atoms with E-state index < -0.39 is 0 Å². The lowest BCUT2D eigenvalue weighted by Gasteiger charge is -2.31. The molecule has 1 aliphatic heterocycles. The van der Waals surface area contributed by atoms with Crippen molar-refractivity contribution in [2.24, 2.45) is 11.1 Å². The van der Waals surface area contributed by atoms with Gasteiger partial charge in [-0.05, 0) is 36.8 Å². The van der Waals surface area contributed by atoms with Crippen molar-refractivity contribution in [2.45, 2.75) is 46.1 Å². The molecule has 3 heteroatoms. The second-order valence-electron chi connectivity index (χ2n) is 6.55. The van der Waals surface area contributed by atoms with Crippen molar-refractivity contribution in [1.82, 2.24) is 4.98 Å². The molecule has 0 spiro atoms. The molecule has 0 aliphatic carbocycles. The summed E-state index contributed by atoms with van der Waals surface area (Å²) in [5, 5.41) is 0. The van der Waals surface area contributed by atoms with Crippen LogP contribution in [0.2, 0.25) is 0 Å². The molecule has 1 fully saturated rings. The normalized spacial score (nSPS) is 18.1. The lowest BCUT2D eigenvalue weighted by atomic mass is 9.90. The summed E-state index contributed by atoms with van der Waals surface area (Å²) in [6.07, 6.45) is 3.17. The fraction of sp³-hybridized carbons (Fsp3) is 0.667. The van der Waals surface area contributed by atoms with Crippen molar-refractivity contribution >= 4 is 5.82 Å². The molecule has 0 aromatic carbocycles. The number of nitrogens with zero attached hydrogens (tertiary/aromatic N) is 2. The van der Waals surface area contributed by atoms with Gasteiger partial charge < -0.3 is 10.6 Å². The molecule has 0 saturated carbocycles. The number of hydrogen-bond donors (Lipinski definition) is 1. The predicted molar refractivity (Wildman–Crippen MR) is 76.8 cm³/mol. The Morgan fingerprint density at radius 2 is 1.94 bits per heavy atom. The van der Waals surface area contributed by atoms with E-state index in [0.29, 0.717) is 6.04 Å². The van der Waals surface area contributed by atoms with E-state index in [1.54, 1.807) is 0 Å². The minimum Gasteiger partial charge on any atom is -0.356 e. The summed E-state index contributed by atoms with van der Waals surface area (Å²) in [5.41, 5.74) is 7.42. The van der Waals surface area contributed by atoms with Crippen LogP contribution < -0.4 is 10.6 Å². The highest BCUT2D eigenvalue weighted by atomic mass is 15.2. The molecule has 1 aliphatic rings. The molecule has 2 N–H and O–H groups in total. The maximum Gasteiger partial charge on any atom is 0.128 e. The zero-order valence-corrected chi connectivity index (χ0v) is 11.8. The maximum absolute atomic E-state index is 5.94. The molecule has 0 bridgehead atoms. The first-order chi connectivity index (χ1) is 8.44. The fourth-order valence-electron chi connectivity index (χ4n) is 2.41. The van der Waals surface area contributed by atoms with E-state index in [-0.39, 0.29) is 5.41 Å². The lowest BCUT2D eigenvalue weighted by Crippen LogP contribution is -2.40. The molecule has 2 heterocycles. The topological polar surface area (TPSA) is 42.1 Å². The SMILES string of the molecule is CC(C)(C)Cc1cccc(N2CCC(N)CC2)n1. The largest absolute Gasteiger partial charge is 0.356 e. The predicted octanol–water partition coefficient (Wildman–Crippen LogP) is 2.60. The van der Waals surface area contributed by atoms with E-state index >= 15 is 0 Å². The highest BCUT2D eigenvalue weighted by Gasteiger charge is 2.18. The molecule has 0 unspecified atom stereocenters. The Bertz CT molecular complexity index is 387. The van der Waals surface area contributed by atoms with Crippen LogP contribution in [0.3, 0.4) is 0 Å². The zero-order chi connectivity index (χ0) is 13.2. The fourth-order valence-corrected chi connectivity index (χ4v) is 2.41. The van der Waals surface area contributed by atoms with Gasteiger partial charge >= 0.3 is 0 Å². The van der Waals surface area contributed by atoms with Gasteiger partial charge in [-0.25, -0.2) is 4.98 Å². The van der Waals surface area contributed by atoms with Crippen molar-refractivity contribution in [3.05, 3.63) is 23.9 Å². The molecule has 1 aromatic heterocycles. The lowest BCUT2D eigenvalue weighted by molar-refractivity contribution is 0.406. The number of piperidine rings is 1. The summed E-state index contributed by atoms with van der Waals surface area (Å²) in [7, 11) is 0. The van der Waals surface area contributed by atoms with E-state index in [2.05, 4.69) is 43.9 Å². The highest BCUT2D eigenvalue weighted by Crippen LogP contribution is 2.22. The van der Waals surface area contributed by atoms with Crippen molar-refractivity contribution in [2.75, 3.05) is 18.0 Å². The van der Waals surface area contributed by atoms with Crippen LogP contribution in [0.1, 0.15) is 39.3 Å². The van der Waals surface area contributed by atoms with Gasteiger partial charge in [-0.15, -0.1) is 0 Å². The van der Waals surface area contributed by atoms with E-state index in [1.807, 2.05) is 0 Å². The molecule has 0 amide bonds. The Balaban J connectivity index is 2.07. The molecule has 100 valence electrons. The smallest absolute Gasteiger partial charge is 0.128 e. The summed E-state index contributed by atoms with van der Waals surface area (Å²) in [5.74, 6) is 1.11. The molecule has 0 atom stereocenters. The second-order valence-corrected chi connectivity index (χ2v) is 6.55. The monoisotopic (exact) mass is 247 g/mol. The van der Waals surface area contributed by atoms with Gasteiger partial charge in [-0.2, -0.15) is 0 Å². The Morgan fingerprint density at radius 1 is 1.28 bits per heavy atom. The van der Waals surface area contributed by atoms with E-state index in [0.717, 1.165) is 38.2 Å². The molecular formula is C15H25N3. The van der Waals surface area contributed by atoms with Gasteiger partial charge in [0.05, 0.1) is 0 Å². The Kier molecular flexibility index (Phi) is 3.91. The second kappa shape index (κ2) is 5.27. The standard InChI is InChI=1S/C15H25N3/c1-15(2,3)11-13-5-4-6-14(17-13)18-9-7-12(16)8-10-18/h4-6,12H,7-11,16H2,1-3H3. The molecular weight excluding hydrogens is 222 g/mol. The van der Waals surface area contributed by atoms with Gasteiger partial charge in [0.25, 0.3) is 0 Å². The van der Waals surface area contributed by atoms with Crippen LogP contribution in [0.4, 0.5) is 5.82 Å². The summed E-state index contributed by atoms with van der Waals surface area (Å²) in [4.78, 5) is 7.15. The first-order valence-electron chi connectivity index (χ1n) is 6.90. The van der Waals surface area contributed by atoms with Gasteiger partial charge in [-0.3, -0.25) is 0 Å². The van der Waals surface area contributed by atoms with Gasteiger partial charge in [0.15, 0.2) is 0 Å². The number of hydrogen-bond acceptors (Lipinski definition) is 3. The quantitative estimate of drug-likeness (QED) is 0.873. The van der Waals surface area contributed by atoms with E-state index in [4.69, 9.17) is 10.7 Å². The van der Waals surface area contributed by atoms with Crippen LogP contribution in [0.5, 0.6) is 0 Å². The summed E-state index contributed by atoms with van der Waals surface area (Å²) in [6, 6.07) is 6.74. The van der Waals surface area contributed by atoms with Crippen LogP contribution in [-0.4, -0.2) is 24.1 Å². The number of anilines is 1. The van der Waals surface area contributed by atoms with E-state index in [1.165, 1.54) is 5.69 Å². The molecule has 3 nitrogen and oxygen atoms in total. The van der Waals surface area contributed by atoms with Gasteiger partial charge in [0.1, 0.15) is 5.82 Å². The summed E-state index contributed by atoms with van der Waals surface area (Å²) in [6.45, 7) is 8.82. The molecule has 2 rings (SSSR count). The molecule has 1 aromatic rings. The van der Waals surface area contributed by atoms with Gasteiger partial charge in [-0.1, -0.05) is 26.8 Å². The van der Waals surface area contributed by atoms with Gasteiger partial charge in [0.2, 0.25) is 0 Å². The number of aromatic nitrogens is 1. The summed E-state index contributed by atoms with van der Waals surface area (Å²) >= 11 is 0. The van der Waals surface area contributed by atoms with Crippen LogP contribution in [0.15, 0.2) is 18.2 Å². The summed E-state index contributed by atoms with van der Waals surface area (Å²) < 4.78 is 0. The van der Waals surface area contributed by atoms with Crippen LogP contribution in [-0.2, 0) is 6.42 Å². The third kappa shape index (κ3) is 3.70. The van der Waals surface area contributed by atoms with Crippen molar-refractivity contribution in [1.29, 1.82) is 0 Å². The molecule has 0 radical (unpaired) electrons. The Hall–Kier alpha value is -1.09. The number of pyridine rings is 1. The van der Waals surface area contributed by atoms with Crippen LogP contribution >= 0.6 is 0 Å². The van der Waals surface area contributed by atoms with Crippen molar-refractivity contribution in [3.63, 3.8) is 0 Å². The maximum atomic E-state index is 5.94. The average Bonchev–Trinajstić information content (AvgIpc) is 2.28. The molecule has 18 heavy (non-hydrogen) atoms. The minimum atomic E-state index is 0.288. The third-order valence-corrected chi connectivity index (χ3v) is 3.37. The first-order valence-corrected chi connectivity index (χ1v) is 6.90. The Labute approximate surface area is 110 Å².